The van der Waals surface area contributed by atoms with Crippen molar-refractivity contribution in [1.29, 1.82) is 0 Å². The van der Waals surface area contributed by atoms with Gasteiger partial charge in [-0.1, -0.05) is 17.7 Å². The second-order valence-electron chi connectivity index (χ2n) is 4.07. The molecule has 0 aliphatic carbocycles. The first-order valence-electron chi connectivity index (χ1n) is 5.58. The monoisotopic (exact) mass is 262 g/mol. The van der Waals surface area contributed by atoms with Gasteiger partial charge < -0.3 is 5.11 Å². The number of anilines is 1. The first kappa shape index (κ1) is 12.7. The molecule has 1 aromatic heterocycles. The van der Waals surface area contributed by atoms with Crippen molar-refractivity contribution in [3.05, 3.63) is 46.5 Å². The lowest BCUT2D eigenvalue weighted by Crippen LogP contribution is -2.11. The van der Waals surface area contributed by atoms with Crippen LogP contribution in [0.15, 0.2) is 29.6 Å². The van der Waals surface area contributed by atoms with Gasteiger partial charge in [-0.3, -0.25) is 10.1 Å². The van der Waals surface area contributed by atoms with Crippen molar-refractivity contribution >= 4 is 22.4 Å². The molecule has 2 aromatic rings. The number of aliphatic hydroxyl groups is 1. The molecule has 0 fully saturated rings. The number of nitrogens with one attached hydrogen (secondary N) is 1. The van der Waals surface area contributed by atoms with Crippen LogP contribution in [0.4, 0.5) is 5.13 Å². The number of aryl methyl sites for hydroxylation is 1. The Hall–Kier alpha value is -1.72. The van der Waals surface area contributed by atoms with Crippen molar-refractivity contribution in [2.45, 2.75) is 20.0 Å². The van der Waals surface area contributed by atoms with Gasteiger partial charge in [-0.05, 0) is 26.0 Å². The minimum Gasteiger partial charge on any atom is -0.387 e. The van der Waals surface area contributed by atoms with Crippen LogP contribution in [0.2, 0.25) is 0 Å². The number of rotatable bonds is 3. The molecule has 1 heterocycles. The summed E-state index contributed by atoms with van der Waals surface area (Å²) in [6.45, 7) is 3.61. The van der Waals surface area contributed by atoms with E-state index in [1.165, 1.54) is 11.3 Å². The summed E-state index contributed by atoms with van der Waals surface area (Å²) in [7, 11) is 0. The zero-order chi connectivity index (χ0) is 13.1. The molecular formula is C13H14N2O2S. The quantitative estimate of drug-likeness (QED) is 0.894. The van der Waals surface area contributed by atoms with Gasteiger partial charge in [0.15, 0.2) is 5.13 Å². The fourth-order valence-corrected chi connectivity index (χ4v) is 2.20. The lowest BCUT2D eigenvalue weighted by atomic mass is 10.1. The largest absolute Gasteiger partial charge is 0.387 e. The maximum absolute atomic E-state index is 11.9. The van der Waals surface area contributed by atoms with Crippen molar-refractivity contribution in [3.8, 4) is 0 Å². The standard InChI is InChI=1S/C13H14N2O2S/c1-8-3-5-10(6-4-8)12(17)15-13-14-11(7-18-13)9(2)16/h3-7,9,16H,1-2H3,(H,14,15,17). The number of hydrogen-bond donors (Lipinski definition) is 2. The van der Waals surface area contributed by atoms with Gasteiger partial charge in [-0.2, -0.15) is 0 Å². The smallest absolute Gasteiger partial charge is 0.257 e. The molecule has 0 bridgehead atoms. The highest BCUT2D eigenvalue weighted by atomic mass is 32.1. The predicted octanol–water partition coefficient (Wildman–Crippen LogP) is 2.76. The third kappa shape index (κ3) is 2.94. The van der Waals surface area contributed by atoms with Gasteiger partial charge in [0, 0.05) is 10.9 Å². The maximum atomic E-state index is 11.9. The summed E-state index contributed by atoms with van der Waals surface area (Å²) in [4.78, 5) is 16.0. The molecule has 94 valence electrons. The molecule has 0 aliphatic heterocycles. The fourth-order valence-electron chi connectivity index (χ4n) is 1.41. The molecule has 4 nitrogen and oxygen atoms in total. The van der Waals surface area contributed by atoms with Crippen LogP contribution < -0.4 is 5.32 Å². The molecule has 1 atom stereocenters. The molecule has 0 saturated heterocycles. The Morgan fingerprint density at radius 2 is 2.06 bits per heavy atom. The van der Waals surface area contributed by atoms with E-state index in [1.807, 2.05) is 19.1 Å². The molecule has 2 rings (SSSR count). The topological polar surface area (TPSA) is 62.2 Å². The lowest BCUT2D eigenvalue weighted by Gasteiger charge is -2.02. The third-order valence-corrected chi connectivity index (χ3v) is 3.26. The van der Waals surface area contributed by atoms with Crippen LogP contribution in [0.25, 0.3) is 0 Å². The van der Waals surface area contributed by atoms with E-state index < -0.39 is 6.10 Å². The fraction of sp³-hybridized carbons (Fsp3) is 0.231. The number of nitrogens with zero attached hydrogens (tertiary/aromatic N) is 1. The average Bonchev–Trinajstić information content (AvgIpc) is 2.78. The zero-order valence-electron chi connectivity index (χ0n) is 10.2. The Balaban J connectivity index is 2.08. The van der Waals surface area contributed by atoms with E-state index in [4.69, 9.17) is 0 Å². The average molecular weight is 262 g/mol. The molecule has 1 aromatic carbocycles. The predicted molar refractivity (Wildman–Crippen MR) is 71.9 cm³/mol. The minimum absolute atomic E-state index is 0.193. The molecule has 0 radical (unpaired) electrons. The summed E-state index contributed by atoms with van der Waals surface area (Å²) >= 11 is 1.30. The summed E-state index contributed by atoms with van der Waals surface area (Å²) in [5.74, 6) is -0.193. The van der Waals surface area contributed by atoms with E-state index in [2.05, 4.69) is 10.3 Å². The number of aliphatic hydroxyl groups excluding tert-OH is 1. The van der Waals surface area contributed by atoms with Crippen LogP contribution >= 0.6 is 11.3 Å². The summed E-state index contributed by atoms with van der Waals surface area (Å²) in [5.41, 5.74) is 2.27. The molecule has 18 heavy (non-hydrogen) atoms. The highest BCUT2D eigenvalue weighted by molar-refractivity contribution is 7.14. The SMILES string of the molecule is Cc1ccc(C(=O)Nc2nc(C(C)O)cs2)cc1. The first-order valence-corrected chi connectivity index (χ1v) is 6.46. The Labute approximate surface area is 109 Å². The third-order valence-electron chi connectivity index (χ3n) is 2.48. The van der Waals surface area contributed by atoms with Gasteiger partial charge in [-0.25, -0.2) is 4.98 Å². The van der Waals surface area contributed by atoms with E-state index >= 15 is 0 Å². The number of amides is 1. The van der Waals surface area contributed by atoms with E-state index in [0.717, 1.165) is 5.56 Å². The van der Waals surface area contributed by atoms with Crippen molar-refractivity contribution in [2.24, 2.45) is 0 Å². The number of hydrogen-bond acceptors (Lipinski definition) is 4. The van der Waals surface area contributed by atoms with Gasteiger partial charge in [0.2, 0.25) is 0 Å². The molecule has 1 unspecified atom stereocenters. The van der Waals surface area contributed by atoms with E-state index in [9.17, 15) is 9.90 Å². The van der Waals surface area contributed by atoms with Crippen molar-refractivity contribution in [2.75, 3.05) is 5.32 Å². The second-order valence-corrected chi connectivity index (χ2v) is 4.93. The van der Waals surface area contributed by atoms with E-state index in [1.54, 1.807) is 24.4 Å². The van der Waals surface area contributed by atoms with E-state index in [0.29, 0.717) is 16.4 Å². The summed E-state index contributed by atoms with van der Waals surface area (Å²) in [5, 5.41) is 14.3. The van der Waals surface area contributed by atoms with Crippen LogP contribution in [0.1, 0.15) is 34.6 Å². The van der Waals surface area contributed by atoms with Gasteiger partial charge in [0.05, 0.1) is 11.8 Å². The number of thiazole rings is 1. The molecule has 0 spiro atoms. The Bertz CT molecular complexity index is 546. The molecular weight excluding hydrogens is 248 g/mol. The zero-order valence-corrected chi connectivity index (χ0v) is 11.0. The molecule has 0 aliphatic rings. The molecule has 2 N–H and O–H groups in total. The van der Waals surface area contributed by atoms with Crippen LogP contribution in [0.3, 0.4) is 0 Å². The van der Waals surface area contributed by atoms with Gasteiger partial charge in [-0.15, -0.1) is 11.3 Å². The Kier molecular flexibility index (Phi) is 3.74. The van der Waals surface area contributed by atoms with Gasteiger partial charge in [0.1, 0.15) is 0 Å². The number of aromatic nitrogens is 1. The van der Waals surface area contributed by atoms with Crippen LogP contribution in [0.5, 0.6) is 0 Å². The van der Waals surface area contributed by atoms with Crippen molar-refractivity contribution in [3.63, 3.8) is 0 Å². The van der Waals surface area contributed by atoms with Crippen molar-refractivity contribution < 1.29 is 9.90 Å². The highest BCUT2D eigenvalue weighted by Crippen LogP contribution is 2.20. The summed E-state index contributed by atoms with van der Waals surface area (Å²) < 4.78 is 0. The first-order chi connectivity index (χ1) is 8.56. The van der Waals surface area contributed by atoms with Crippen LogP contribution in [-0.2, 0) is 0 Å². The molecule has 1 amide bonds. The minimum atomic E-state index is -0.619. The number of carbonyl (C=O) groups excluding carboxylic acids is 1. The summed E-state index contributed by atoms with van der Waals surface area (Å²) in [6, 6.07) is 7.32. The van der Waals surface area contributed by atoms with E-state index in [-0.39, 0.29) is 5.91 Å². The Morgan fingerprint density at radius 3 is 2.61 bits per heavy atom. The second kappa shape index (κ2) is 5.29. The van der Waals surface area contributed by atoms with Gasteiger partial charge >= 0.3 is 0 Å². The lowest BCUT2D eigenvalue weighted by molar-refractivity contribution is 0.102. The van der Waals surface area contributed by atoms with Crippen LogP contribution in [-0.4, -0.2) is 16.0 Å². The van der Waals surface area contributed by atoms with Crippen molar-refractivity contribution in [1.82, 2.24) is 4.98 Å². The number of carbonyl (C=O) groups is 1. The Morgan fingerprint density at radius 1 is 1.39 bits per heavy atom. The normalized spacial score (nSPS) is 12.2. The number of benzene rings is 1. The highest BCUT2D eigenvalue weighted by Gasteiger charge is 2.10. The van der Waals surface area contributed by atoms with Crippen LogP contribution in [0, 0.1) is 6.92 Å². The van der Waals surface area contributed by atoms with Gasteiger partial charge in [0.25, 0.3) is 5.91 Å². The molecule has 5 heteroatoms. The summed E-state index contributed by atoms with van der Waals surface area (Å²) in [6.07, 6.45) is -0.619. The molecule has 0 saturated carbocycles. The maximum Gasteiger partial charge on any atom is 0.257 e.